The van der Waals surface area contributed by atoms with Crippen LogP contribution < -0.4 is 4.90 Å². The zero-order valence-corrected chi connectivity index (χ0v) is 16.9. The van der Waals surface area contributed by atoms with Crippen LogP contribution in [-0.4, -0.2) is 26.2 Å². The third-order valence-electron chi connectivity index (χ3n) is 5.71. The molecule has 0 radical (unpaired) electrons. The van der Waals surface area contributed by atoms with Gasteiger partial charge in [0.25, 0.3) is 0 Å². The number of carbonyl (C=O) groups is 2. The van der Waals surface area contributed by atoms with Crippen molar-refractivity contribution in [3.05, 3.63) is 96.1 Å². The molecule has 1 aliphatic carbocycles. The van der Waals surface area contributed by atoms with Crippen molar-refractivity contribution >= 4 is 23.3 Å². The lowest BCUT2D eigenvalue weighted by Crippen LogP contribution is -2.49. The van der Waals surface area contributed by atoms with Gasteiger partial charge in [-0.2, -0.15) is 0 Å². The molecule has 0 amide bonds. The summed E-state index contributed by atoms with van der Waals surface area (Å²) in [7, 11) is 2.62. The minimum atomic E-state index is -1.53. The van der Waals surface area contributed by atoms with E-state index >= 15 is 0 Å². The standard InChI is InChI=1S/C25H23NO4/c1-29-23(27)25(24(28)30-2)17-18-11-9-10-16-21(18)22(25)26(19-12-5-3-6-13-19)20-14-7-4-8-15-20/h3-16,22H,17H2,1-2H3. The zero-order valence-electron chi connectivity index (χ0n) is 16.9. The predicted molar refractivity (Wildman–Crippen MR) is 114 cm³/mol. The van der Waals surface area contributed by atoms with Crippen molar-refractivity contribution in [2.75, 3.05) is 19.1 Å². The smallest absolute Gasteiger partial charge is 0.326 e. The molecule has 3 aromatic rings. The molecule has 0 heterocycles. The molecular weight excluding hydrogens is 378 g/mol. The Morgan fingerprint density at radius 2 is 1.23 bits per heavy atom. The van der Waals surface area contributed by atoms with Gasteiger partial charge in [-0.3, -0.25) is 9.59 Å². The van der Waals surface area contributed by atoms with Crippen LogP contribution in [0.3, 0.4) is 0 Å². The lowest BCUT2D eigenvalue weighted by atomic mass is 9.79. The molecule has 0 aliphatic heterocycles. The minimum absolute atomic E-state index is 0.212. The first-order valence-corrected chi connectivity index (χ1v) is 9.77. The third kappa shape index (κ3) is 3.03. The summed E-state index contributed by atoms with van der Waals surface area (Å²) in [5, 5.41) is 0. The Labute approximate surface area is 175 Å². The second-order valence-electron chi connectivity index (χ2n) is 7.27. The highest BCUT2D eigenvalue weighted by molar-refractivity contribution is 6.03. The maximum absolute atomic E-state index is 13.2. The molecule has 3 aromatic carbocycles. The average Bonchev–Trinajstić information content (AvgIpc) is 3.15. The molecule has 0 aromatic heterocycles. The SMILES string of the molecule is COC(=O)C1(C(=O)OC)Cc2ccccc2C1N(c1ccccc1)c1ccccc1. The van der Waals surface area contributed by atoms with E-state index in [4.69, 9.17) is 9.47 Å². The first-order chi connectivity index (χ1) is 14.6. The number of methoxy groups -OCH3 is 2. The van der Waals surface area contributed by atoms with E-state index in [-0.39, 0.29) is 6.42 Å². The first kappa shape index (κ1) is 19.7. The molecule has 0 fully saturated rings. The van der Waals surface area contributed by atoms with E-state index in [0.29, 0.717) is 0 Å². The Kier molecular flexibility index (Phi) is 5.27. The molecule has 1 aliphatic rings. The molecule has 5 heteroatoms. The fourth-order valence-corrected chi connectivity index (χ4v) is 4.42. The number of anilines is 2. The van der Waals surface area contributed by atoms with E-state index in [1.165, 1.54) is 14.2 Å². The number of rotatable bonds is 5. The normalized spacial score (nSPS) is 16.4. The lowest BCUT2D eigenvalue weighted by molar-refractivity contribution is -0.170. The van der Waals surface area contributed by atoms with Crippen molar-refractivity contribution in [3.8, 4) is 0 Å². The molecule has 0 spiro atoms. The van der Waals surface area contributed by atoms with Crippen molar-refractivity contribution in [2.45, 2.75) is 12.5 Å². The van der Waals surface area contributed by atoms with Crippen LogP contribution in [-0.2, 0) is 25.5 Å². The summed E-state index contributed by atoms with van der Waals surface area (Å²) >= 11 is 0. The van der Waals surface area contributed by atoms with Gasteiger partial charge >= 0.3 is 11.9 Å². The van der Waals surface area contributed by atoms with E-state index in [0.717, 1.165) is 22.5 Å². The molecule has 5 nitrogen and oxygen atoms in total. The van der Waals surface area contributed by atoms with Crippen LogP contribution in [0.2, 0.25) is 0 Å². The molecular formula is C25H23NO4. The monoisotopic (exact) mass is 401 g/mol. The first-order valence-electron chi connectivity index (χ1n) is 9.77. The number of carbonyl (C=O) groups excluding carboxylic acids is 2. The minimum Gasteiger partial charge on any atom is -0.468 e. The molecule has 4 rings (SSSR count). The summed E-state index contributed by atoms with van der Waals surface area (Å²) < 4.78 is 10.4. The van der Waals surface area contributed by atoms with Crippen LogP contribution in [0, 0.1) is 5.41 Å². The number of para-hydroxylation sites is 2. The molecule has 0 saturated carbocycles. The summed E-state index contributed by atoms with van der Waals surface area (Å²) in [6.07, 6.45) is 0.212. The molecule has 0 saturated heterocycles. The predicted octanol–water partition coefficient (Wildman–Crippen LogP) is 4.45. The number of esters is 2. The van der Waals surface area contributed by atoms with Crippen LogP contribution >= 0.6 is 0 Å². The van der Waals surface area contributed by atoms with Gasteiger partial charge in [-0.15, -0.1) is 0 Å². The van der Waals surface area contributed by atoms with Gasteiger partial charge in [-0.05, 0) is 35.4 Å². The van der Waals surface area contributed by atoms with Crippen molar-refractivity contribution in [1.29, 1.82) is 0 Å². The summed E-state index contributed by atoms with van der Waals surface area (Å²) in [5.74, 6) is -1.21. The van der Waals surface area contributed by atoms with Crippen molar-refractivity contribution in [3.63, 3.8) is 0 Å². The number of ether oxygens (including phenoxy) is 2. The quantitative estimate of drug-likeness (QED) is 0.467. The molecule has 152 valence electrons. The largest absolute Gasteiger partial charge is 0.468 e. The third-order valence-corrected chi connectivity index (χ3v) is 5.71. The molecule has 1 unspecified atom stereocenters. The Balaban J connectivity index is 2.02. The maximum Gasteiger partial charge on any atom is 0.326 e. The zero-order chi connectivity index (χ0) is 21.1. The molecule has 30 heavy (non-hydrogen) atoms. The van der Waals surface area contributed by atoms with Gasteiger partial charge in [0.15, 0.2) is 5.41 Å². The Bertz CT molecular complexity index is 994. The number of hydrogen-bond donors (Lipinski definition) is 0. The second kappa shape index (κ2) is 8.03. The van der Waals surface area contributed by atoms with E-state index in [9.17, 15) is 9.59 Å². The van der Waals surface area contributed by atoms with Gasteiger partial charge in [0.1, 0.15) is 0 Å². The molecule has 0 bridgehead atoms. The van der Waals surface area contributed by atoms with E-state index < -0.39 is 23.4 Å². The molecule has 1 atom stereocenters. The van der Waals surface area contributed by atoms with Gasteiger partial charge in [0.2, 0.25) is 0 Å². The Hall–Kier alpha value is -3.60. The van der Waals surface area contributed by atoms with Crippen LogP contribution in [0.1, 0.15) is 17.2 Å². The highest BCUT2D eigenvalue weighted by Crippen LogP contribution is 2.54. The number of hydrogen-bond acceptors (Lipinski definition) is 5. The van der Waals surface area contributed by atoms with Gasteiger partial charge in [0, 0.05) is 17.8 Å². The van der Waals surface area contributed by atoms with Gasteiger partial charge < -0.3 is 14.4 Å². The summed E-state index contributed by atoms with van der Waals surface area (Å²) in [4.78, 5) is 28.5. The number of fused-ring (bicyclic) bond motifs is 1. The lowest BCUT2D eigenvalue weighted by Gasteiger charge is -2.40. The number of nitrogens with zero attached hydrogens (tertiary/aromatic N) is 1. The summed E-state index contributed by atoms with van der Waals surface area (Å²) in [6, 6.07) is 26.6. The van der Waals surface area contributed by atoms with Crippen LogP contribution in [0.15, 0.2) is 84.9 Å². The van der Waals surface area contributed by atoms with Gasteiger partial charge in [0.05, 0.1) is 20.3 Å². The highest BCUT2D eigenvalue weighted by Gasteiger charge is 2.61. The van der Waals surface area contributed by atoms with E-state index in [1.807, 2.05) is 89.8 Å². The van der Waals surface area contributed by atoms with Crippen molar-refractivity contribution in [1.82, 2.24) is 0 Å². The van der Waals surface area contributed by atoms with Gasteiger partial charge in [-0.1, -0.05) is 60.7 Å². The highest BCUT2D eigenvalue weighted by atomic mass is 16.5. The van der Waals surface area contributed by atoms with E-state index in [1.54, 1.807) is 0 Å². The second-order valence-corrected chi connectivity index (χ2v) is 7.27. The van der Waals surface area contributed by atoms with Crippen LogP contribution in [0.4, 0.5) is 11.4 Å². The fourth-order valence-electron chi connectivity index (χ4n) is 4.42. The maximum atomic E-state index is 13.2. The van der Waals surface area contributed by atoms with Crippen LogP contribution in [0.25, 0.3) is 0 Å². The average molecular weight is 401 g/mol. The van der Waals surface area contributed by atoms with Crippen LogP contribution in [0.5, 0.6) is 0 Å². The Morgan fingerprint density at radius 1 is 0.767 bits per heavy atom. The van der Waals surface area contributed by atoms with Gasteiger partial charge in [-0.25, -0.2) is 0 Å². The fraction of sp³-hybridized carbons (Fsp3) is 0.200. The van der Waals surface area contributed by atoms with E-state index in [2.05, 4.69) is 0 Å². The topological polar surface area (TPSA) is 55.8 Å². The molecule has 0 N–H and O–H groups in total. The van der Waals surface area contributed by atoms with Crippen molar-refractivity contribution in [2.24, 2.45) is 5.41 Å². The Morgan fingerprint density at radius 3 is 1.73 bits per heavy atom. The summed E-state index contributed by atoms with van der Waals surface area (Å²) in [6.45, 7) is 0. The summed E-state index contributed by atoms with van der Waals surface area (Å²) in [5.41, 5.74) is 2.03. The number of benzene rings is 3. The van der Waals surface area contributed by atoms with Crippen molar-refractivity contribution < 1.29 is 19.1 Å².